The van der Waals surface area contributed by atoms with E-state index in [-0.39, 0.29) is 31.4 Å². The molecule has 0 aliphatic carbocycles. The quantitative estimate of drug-likeness (QED) is 0.242. The summed E-state index contributed by atoms with van der Waals surface area (Å²) in [4.78, 5) is 44.5. The maximum Gasteiger partial charge on any atom is 0.322 e. The number of amides is 4. The van der Waals surface area contributed by atoms with Crippen molar-refractivity contribution in [3.8, 4) is 11.5 Å². The van der Waals surface area contributed by atoms with Gasteiger partial charge in [0.05, 0.1) is 23.9 Å². The molecule has 6 rings (SSSR count). The highest BCUT2D eigenvalue weighted by Gasteiger charge is 2.46. The Labute approximate surface area is 261 Å². The minimum Gasteiger partial charge on any atom is -0.457 e. The van der Waals surface area contributed by atoms with Crippen molar-refractivity contribution >= 4 is 17.8 Å². The first kappa shape index (κ1) is 29.6. The molecule has 2 heterocycles. The molecule has 45 heavy (non-hydrogen) atoms. The first-order chi connectivity index (χ1) is 21.9. The van der Waals surface area contributed by atoms with E-state index >= 15 is 0 Å². The minimum absolute atomic E-state index is 0.0239. The highest BCUT2D eigenvalue weighted by Crippen LogP contribution is 2.38. The van der Waals surface area contributed by atoms with Crippen LogP contribution in [0, 0.1) is 5.82 Å². The smallest absolute Gasteiger partial charge is 0.322 e. The van der Waals surface area contributed by atoms with Gasteiger partial charge >= 0.3 is 6.03 Å². The predicted molar refractivity (Wildman–Crippen MR) is 168 cm³/mol. The SMILES string of the molecule is CCN1C(=O)N[C@@H](c2cccc(Oc3ccccc3)c2)C2=C1CN([C@H](Cc1ccccc1)C(=O)NCc1ccccc1F)C2=O. The Bertz CT molecular complexity index is 1740. The molecule has 0 unspecified atom stereocenters. The highest BCUT2D eigenvalue weighted by molar-refractivity contribution is 6.03. The number of urea groups is 1. The third-order valence-electron chi connectivity index (χ3n) is 8.10. The molecule has 9 heteroatoms. The molecule has 0 aromatic heterocycles. The van der Waals surface area contributed by atoms with Crippen LogP contribution in [0.1, 0.15) is 29.7 Å². The van der Waals surface area contributed by atoms with Crippen molar-refractivity contribution in [1.29, 1.82) is 0 Å². The van der Waals surface area contributed by atoms with Crippen LogP contribution in [0.5, 0.6) is 11.5 Å². The average molecular weight is 605 g/mol. The lowest BCUT2D eigenvalue weighted by atomic mass is 9.95. The number of carbonyl (C=O) groups is 3. The number of hydrogen-bond acceptors (Lipinski definition) is 4. The number of hydrogen-bond donors (Lipinski definition) is 2. The van der Waals surface area contributed by atoms with Crippen molar-refractivity contribution in [2.45, 2.75) is 32.0 Å². The Morgan fingerprint density at radius 1 is 0.933 bits per heavy atom. The van der Waals surface area contributed by atoms with Crippen molar-refractivity contribution in [3.05, 3.63) is 143 Å². The van der Waals surface area contributed by atoms with Crippen LogP contribution in [0.4, 0.5) is 9.18 Å². The topological polar surface area (TPSA) is 91.0 Å². The molecule has 2 aliphatic rings. The summed E-state index contributed by atoms with van der Waals surface area (Å²) in [5.41, 5.74) is 2.86. The van der Waals surface area contributed by atoms with Gasteiger partial charge in [-0.3, -0.25) is 14.5 Å². The summed E-state index contributed by atoms with van der Waals surface area (Å²) in [5, 5.41) is 5.84. The van der Waals surface area contributed by atoms with E-state index in [2.05, 4.69) is 10.6 Å². The molecule has 0 fully saturated rings. The Kier molecular flexibility index (Phi) is 8.59. The normalized spacial score (nSPS) is 16.7. The van der Waals surface area contributed by atoms with Crippen LogP contribution in [0.25, 0.3) is 0 Å². The second kappa shape index (κ2) is 13.1. The largest absolute Gasteiger partial charge is 0.457 e. The molecule has 8 nitrogen and oxygen atoms in total. The van der Waals surface area contributed by atoms with Crippen LogP contribution < -0.4 is 15.4 Å². The van der Waals surface area contributed by atoms with Gasteiger partial charge in [0.2, 0.25) is 5.91 Å². The van der Waals surface area contributed by atoms with Gasteiger partial charge in [-0.25, -0.2) is 9.18 Å². The van der Waals surface area contributed by atoms with E-state index in [1.165, 1.54) is 11.0 Å². The number of halogens is 1. The van der Waals surface area contributed by atoms with Gasteiger partial charge in [-0.05, 0) is 48.4 Å². The lowest BCUT2D eigenvalue weighted by molar-refractivity contribution is -0.136. The van der Waals surface area contributed by atoms with Crippen LogP contribution >= 0.6 is 0 Å². The number of ether oxygens (including phenoxy) is 1. The van der Waals surface area contributed by atoms with Gasteiger partial charge in [-0.2, -0.15) is 0 Å². The molecule has 4 aromatic carbocycles. The summed E-state index contributed by atoms with van der Waals surface area (Å²) < 4.78 is 20.4. The average Bonchev–Trinajstić information content (AvgIpc) is 3.40. The van der Waals surface area contributed by atoms with Crippen molar-refractivity contribution in [1.82, 2.24) is 20.4 Å². The fourth-order valence-electron chi connectivity index (χ4n) is 5.86. The molecule has 2 aliphatic heterocycles. The van der Waals surface area contributed by atoms with Crippen LogP contribution in [0.2, 0.25) is 0 Å². The molecule has 0 saturated heterocycles. The Balaban J connectivity index is 1.31. The molecule has 0 bridgehead atoms. The molecular weight excluding hydrogens is 571 g/mol. The van der Waals surface area contributed by atoms with Gasteiger partial charge in [-0.1, -0.05) is 78.9 Å². The zero-order chi connectivity index (χ0) is 31.3. The zero-order valence-corrected chi connectivity index (χ0v) is 24.8. The molecular formula is C36H33FN4O4. The second-order valence-electron chi connectivity index (χ2n) is 10.9. The van der Waals surface area contributed by atoms with E-state index < -0.39 is 23.8 Å². The lowest BCUT2D eigenvalue weighted by Gasteiger charge is -2.33. The molecule has 228 valence electrons. The summed E-state index contributed by atoms with van der Waals surface area (Å²) in [7, 11) is 0. The third kappa shape index (κ3) is 6.28. The Hall–Kier alpha value is -5.44. The lowest BCUT2D eigenvalue weighted by Crippen LogP contribution is -2.49. The highest BCUT2D eigenvalue weighted by atomic mass is 19.1. The third-order valence-corrected chi connectivity index (χ3v) is 8.10. The summed E-state index contributed by atoms with van der Waals surface area (Å²) in [6, 6.07) is 30.3. The number of para-hydroxylation sites is 1. The maximum atomic E-state index is 14.4. The summed E-state index contributed by atoms with van der Waals surface area (Å²) in [5.74, 6) is 0.0472. The van der Waals surface area contributed by atoms with Crippen LogP contribution in [-0.4, -0.2) is 46.8 Å². The van der Waals surface area contributed by atoms with Gasteiger partial charge in [0.15, 0.2) is 0 Å². The molecule has 2 atom stereocenters. The Morgan fingerprint density at radius 2 is 1.62 bits per heavy atom. The number of nitrogens with one attached hydrogen (secondary N) is 2. The van der Waals surface area contributed by atoms with Gasteiger partial charge in [0, 0.05) is 25.1 Å². The van der Waals surface area contributed by atoms with E-state index in [0.29, 0.717) is 40.4 Å². The summed E-state index contributed by atoms with van der Waals surface area (Å²) >= 11 is 0. The Morgan fingerprint density at radius 3 is 2.36 bits per heavy atom. The van der Waals surface area contributed by atoms with Gasteiger partial charge in [-0.15, -0.1) is 0 Å². The number of likely N-dealkylation sites (N-methyl/N-ethyl adjacent to an activating group) is 1. The maximum absolute atomic E-state index is 14.4. The number of carbonyl (C=O) groups excluding carboxylic acids is 3. The second-order valence-corrected chi connectivity index (χ2v) is 10.9. The molecule has 0 spiro atoms. The van der Waals surface area contributed by atoms with Gasteiger partial charge < -0.3 is 20.3 Å². The molecule has 0 radical (unpaired) electrons. The number of nitrogens with zero attached hydrogens (tertiary/aromatic N) is 2. The molecule has 4 amide bonds. The summed E-state index contributed by atoms with van der Waals surface area (Å²) in [6.45, 7) is 2.24. The van der Waals surface area contributed by atoms with E-state index in [1.54, 1.807) is 23.1 Å². The van der Waals surface area contributed by atoms with Gasteiger partial charge in [0.1, 0.15) is 23.4 Å². The van der Waals surface area contributed by atoms with Crippen LogP contribution in [-0.2, 0) is 22.6 Å². The van der Waals surface area contributed by atoms with Crippen molar-refractivity contribution in [2.75, 3.05) is 13.1 Å². The molecule has 2 N–H and O–H groups in total. The van der Waals surface area contributed by atoms with E-state index in [1.807, 2.05) is 91.9 Å². The molecule has 0 saturated carbocycles. The number of benzene rings is 4. The van der Waals surface area contributed by atoms with E-state index in [9.17, 15) is 18.8 Å². The monoisotopic (exact) mass is 604 g/mol. The standard InChI is InChI=1S/C36H33FN4O4/c1-2-40-31-23-41(30(20-24-12-5-3-6-13-24)34(42)38-22-26-14-9-10-19-29(26)37)35(43)32(31)33(39-36(40)44)25-15-11-18-28(21-25)45-27-16-7-4-8-17-27/h3-19,21,30,33H,2,20,22-23H2,1H3,(H,38,42)(H,39,44)/t30-,33+/m1/s1. The van der Waals surface area contributed by atoms with Crippen molar-refractivity contribution in [2.24, 2.45) is 0 Å². The van der Waals surface area contributed by atoms with Crippen LogP contribution in [0.15, 0.2) is 120 Å². The fourth-order valence-corrected chi connectivity index (χ4v) is 5.86. The zero-order valence-electron chi connectivity index (χ0n) is 24.8. The van der Waals surface area contributed by atoms with Crippen molar-refractivity contribution < 1.29 is 23.5 Å². The first-order valence-electron chi connectivity index (χ1n) is 14.9. The van der Waals surface area contributed by atoms with Crippen molar-refractivity contribution in [3.63, 3.8) is 0 Å². The minimum atomic E-state index is -0.903. The summed E-state index contributed by atoms with van der Waals surface area (Å²) in [6.07, 6.45) is 0.245. The fraction of sp³-hybridized carbons (Fsp3) is 0.194. The van der Waals surface area contributed by atoms with Gasteiger partial charge in [0.25, 0.3) is 5.91 Å². The van der Waals surface area contributed by atoms with Crippen LogP contribution in [0.3, 0.4) is 0 Å². The van der Waals surface area contributed by atoms with E-state index in [4.69, 9.17) is 4.74 Å². The molecule has 4 aromatic rings. The number of rotatable bonds is 10. The first-order valence-corrected chi connectivity index (χ1v) is 14.9. The predicted octanol–water partition coefficient (Wildman–Crippen LogP) is 5.73. The van der Waals surface area contributed by atoms with E-state index in [0.717, 1.165) is 5.56 Å².